The molecule has 8 nitrogen and oxygen atoms in total. The molecular weight excluding hydrogens is 414 g/mol. The molecule has 0 saturated heterocycles. The van der Waals surface area contributed by atoms with Gasteiger partial charge in [0, 0.05) is 29.4 Å². The molecule has 4 N–H and O–H groups in total. The summed E-state index contributed by atoms with van der Waals surface area (Å²) in [6, 6.07) is 15.6. The molecule has 0 spiro atoms. The Morgan fingerprint density at radius 3 is 2.52 bits per heavy atom. The lowest BCUT2D eigenvalue weighted by Crippen LogP contribution is -2.15. The van der Waals surface area contributed by atoms with E-state index in [1.165, 1.54) is 0 Å². The summed E-state index contributed by atoms with van der Waals surface area (Å²) in [5.41, 5.74) is 16.5. The van der Waals surface area contributed by atoms with E-state index in [2.05, 4.69) is 33.1 Å². The van der Waals surface area contributed by atoms with Crippen LogP contribution in [0.1, 0.15) is 44.5 Å². The van der Waals surface area contributed by atoms with Crippen LogP contribution < -0.4 is 11.5 Å². The maximum atomic E-state index is 9.43. The van der Waals surface area contributed by atoms with Crippen molar-refractivity contribution in [2.24, 2.45) is 5.73 Å². The van der Waals surface area contributed by atoms with E-state index in [-0.39, 0.29) is 11.9 Å². The third-order valence-corrected chi connectivity index (χ3v) is 5.59. The third kappa shape index (κ3) is 4.45. The molecule has 0 bridgehead atoms. The van der Waals surface area contributed by atoms with Crippen LogP contribution in [0.3, 0.4) is 0 Å². The number of nitriles is 1. The molecular formula is C25H25N7O. The fourth-order valence-corrected chi connectivity index (χ4v) is 3.37. The Labute approximate surface area is 192 Å². The van der Waals surface area contributed by atoms with Crippen molar-refractivity contribution in [2.75, 3.05) is 5.73 Å². The minimum Gasteiger partial charge on any atom is -0.382 e. The molecule has 0 fully saturated rings. The van der Waals surface area contributed by atoms with E-state index in [0.29, 0.717) is 28.5 Å². The maximum Gasteiger partial charge on any atom is 0.189 e. The molecule has 0 aliphatic rings. The lowest BCUT2D eigenvalue weighted by molar-refractivity contribution is 0.434. The second-order valence-corrected chi connectivity index (χ2v) is 8.37. The second-order valence-electron chi connectivity index (χ2n) is 8.37. The van der Waals surface area contributed by atoms with Crippen LogP contribution in [-0.2, 0) is 5.41 Å². The standard InChI is InChI=1S/C25H25N7O/c1-4-18(27)15-5-7-16(8-6-15)19-12-21(33-32-19)23-24(28)30-13-20(31-23)17-9-10-29-22(11-17)25(2,3)14-26/h5-13,18H,4,27H2,1-3H3,(H2,28,30). The lowest BCUT2D eigenvalue weighted by atomic mass is 9.90. The van der Waals surface area contributed by atoms with Crippen LogP contribution in [0.4, 0.5) is 5.82 Å². The van der Waals surface area contributed by atoms with Crippen molar-refractivity contribution in [3.63, 3.8) is 0 Å². The zero-order chi connectivity index (χ0) is 23.6. The molecule has 1 atom stereocenters. The van der Waals surface area contributed by atoms with E-state index in [4.69, 9.17) is 16.0 Å². The SMILES string of the molecule is CCC(N)c1ccc(-c2cc(-c3nc(-c4ccnc(C(C)(C)C#N)c4)cnc3N)on2)cc1. The number of hydrogen-bond donors (Lipinski definition) is 2. The minimum absolute atomic E-state index is 0.0113. The molecule has 166 valence electrons. The summed E-state index contributed by atoms with van der Waals surface area (Å²) in [5, 5.41) is 13.6. The zero-order valence-corrected chi connectivity index (χ0v) is 18.8. The molecule has 4 rings (SSSR count). The van der Waals surface area contributed by atoms with Gasteiger partial charge in [-0.25, -0.2) is 9.97 Å². The van der Waals surface area contributed by atoms with E-state index in [9.17, 15) is 5.26 Å². The topological polar surface area (TPSA) is 141 Å². The summed E-state index contributed by atoms with van der Waals surface area (Å²) >= 11 is 0. The number of benzene rings is 1. The average molecular weight is 440 g/mol. The van der Waals surface area contributed by atoms with Gasteiger partial charge in [0.25, 0.3) is 0 Å². The van der Waals surface area contributed by atoms with Gasteiger partial charge in [0.2, 0.25) is 0 Å². The van der Waals surface area contributed by atoms with Gasteiger partial charge in [-0.3, -0.25) is 4.98 Å². The van der Waals surface area contributed by atoms with Crippen molar-refractivity contribution >= 4 is 5.82 Å². The first-order valence-corrected chi connectivity index (χ1v) is 10.7. The Morgan fingerprint density at radius 2 is 1.82 bits per heavy atom. The number of nitrogen functional groups attached to an aromatic ring is 1. The van der Waals surface area contributed by atoms with Crippen LogP contribution in [-0.4, -0.2) is 20.1 Å². The predicted octanol–water partition coefficient (Wildman–Crippen LogP) is 4.65. The Bertz CT molecular complexity index is 1320. The molecule has 0 amide bonds. The van der Waals surface area contributed by atoms with Gasteiger partial charge in [-0.05, 0) is 38.0 Å². The van der Waals surface area contributed by atoms with Crippen molar-refractivity contribution in [3.05, 3.63) is 66.1 Å². The number of nitrogens with two attached hydrogens (primary N) is 2. The molecule has 1 aromatic carbocycles. The van der Waals surface area contributed by atoms with Crippen LogP contribution in [0.2, 0.25) is 0 Å². The summed E-state index contributed by atoms with van der Waals surface area (Å²) in [6.07, 6.45) is 4.11. The second kappa shape index (κ2) is 8.81. The van der Waals surface area contributed by atoms with Crippen LogP contribution in [0, 0.1) is 11.3 Å². The van der Waals surface area contributed by atoms with Crippen molar-refractivity contribution in [3.8, 4) is 40.0 Å². The van der Waals surface area contributed by atoms with E-state index < -0.39 is 5.41 Å². The summed E-state index contributed by atoms with van der Waals surface area (Å²) in [6.45, 7) is 5.69. The van der Waals surface area contributed by atoms with Gasteiger partial charge in [-0.2, -0.15) is 5.26 Å². The number of anilines is 1. The van der Waals surface area contributed by atoms with Crippen molar-refractivity contribution in [1.82, 2.24) is 20.1 Å². The van der Waals surface area contributed by atoms with Crippen LogP contribution in [0.5, 0.6) is 0 Å². The summed E-state index contributed by atoms with van der Waals surface area (Å²) in [5.74, 6) is 0.648. The van der Waals surface area contributed by atoms with E-state index in [1.54, 1.807) is 18.5 Å². The van der Waals surface area contributed by atoms with Crippen LogP contribution in [0.15, 0.2) is 59.4 Å². The van der Waals surface area contributed by atoms with Gasteiger partial charge in [-0.15, -0.1) is 0 Å². The fraction of sp³-hybridized carbons (Fsp3) is 0.240. The number of rotatable bonds is 6. The summed E-state index contributed by atoms with van der Waals surface area (Å²) in [7, 11) is 0. The number of pyridine rings is 1. The van der Waals surface area contributed by atoms with Crippen molar-refractivity contribution in [2.45, 2.75) is 38.6 Å². The maximum absolute atomic E-state index is 9.43. The molecule has 0 radical (unpaired) electrons. The zero-order valence-electron chi connectivity index (χ0n) is 18.8. The summed E-state index contributed by atoms with van der Waals surface area (Å²) < 4.78 is 5.56. The monoisotopic (exact) mass is 439 g/mol. The lowest BCUT2D eigenvalue weighted by Gasteiger charge is -2.15. The molecule has 4 aromatic rings. The first-order chi connectivity index (χ1) is 15.8. The number of aromatic nitrogens is 4. The van der Waals surface area contributed by atoms with Crippen LogP contribution in [0.25, 0.3) is 34.0 Å². The van der Waals surface area contributed by atoms with Gasteiger partial charge in [0.1, 0.15) is 5.69 Å². The van der Waals surface area contributed by atoms with Crippen molar-refractivity contribution < 1.29 is 4.52 Å². The highest BCUT2D eigenvalue weighted by Gasteiger charge is 2.22. The number of nitrogens with zero attached hydrogens (tertiary/aromatic N) is 5. The smallest absolute Gasteiger partial charge is 0.189 e. The Balaban J connectivity index is 1.67. The first kappa shape index (κ1) is 22.1. The van der Waals surface area contributed by atoms with Gasteiger partial charge in [-0.1, -0.05) is 36.3 Å². The Kier molecular flexibility index (Phi) is 5.90. The first-order valence-electron chi connectivity index (χ1n) is 10.7. The quantitative estimate of drug-likeness (QED) is 0.442. The average Bonchev–Trinajstić information content (AvgIpc) is 3.34. The van der Waals surface area contributed by atoms with Crippen LogP contribution >= 0.6 is 0 Å². The highest BCUT2D eigenvalue weighted by atomic mass is 16.5. The van der Waals surface area contributed by atoms with E-state index in [0.717, 1.165) is 23.1 Å². The normalized spacial score (nSPS) is 12.3. The molecule has 33 heavy (non-hydrogen) atoms. The van der Waals surface area contributed by atoms with Gasteiger partial charge < -0.3 is 16.0 Å². The molecule has 3 aromatic heterocycles. The summed E-state index contributed by atoms with van der Waals surface area (Å²) in [4.78, 5) is 13.3. The molecule has 0 aliphatic carbocycles. The van der Waals surface area contributed by atoms with Crippen molar-refractivity contribution in [1.29, 1.82) is 5.26 Å². The van der Waals surface area contributed by atoms with Gasteiger partial charge >= 0.3 is 0 Å². The molecule has 0 aliphatic heterocycles. The Hall–Kier alpha value is -4.09. The molecule has 1 unspecified atom stereocenters. The Morgan fingerprint density at radius 1 is 1.06 bits per heavy atom. The minimum atomic E-state index is -0.726. The van der Waals surface area contributed by atoms with Gasteiger partial charge in [0.15, 0.2) is 17.3 Å². The predicted molar refractivity (Wildman–Crippen MR) is 126 cm³/mol. The van der Waals surface area contributed by atoms with E-state index in [1.807, 2.05) is 50.2 Å². The molecule has 8 heteroatoms. The highest BCUT2D eigenvalue weighted by molar-refractivity contribution is 5.73. The molecule has 3 heterocycles. The number of hydrogen-bond acceptors (Lipinski definition) is 8. The molecule has 0 saturated carbocycles. The fourth-order valence-electron chi connectivity index (χ4n) is 3.37. The third-order valence-electron chi connectivity index (χ3n) is 5.59. The van der Waals surface area contributed by atoms with Gasteiger partial charge in [0.05, 0.1) is 29.1 Å². The highest BCUT2D eigenvalue weighted by Crippen LogP contribution is 2.31. The largest absolute Gasteiger partial charge is 0.382 e. The van der Waals surface area contributed by atoms with E-state index >= 15 is 0 Å².